The van der Waals surface area contributed by atoms with Crippen molar-refractivity contribution in [3.05, 3.63) is 89.0 Å². The first-order chi connectivity index (χ1) is 16.0. The molecule has 1 saturated heterocycles. The van der Waals surface area contributed by atoms with E-state index in [9.17, 15) is 4.79 Å². The Morgan fingerprint density at radius 1 is 1.12 bits per heavy atom. The average molecular weight is 445 g/mol. The number of nitrogens with one attached hydrogen (secondary N) is 1. The molecule has 1 fully saturated rings. The highest BCUT2D eigenvalue weighted by atomic mass is 16.5. The number of ether oxygens (including phenoxy) is 1. The molecular weight excluding hydrogens is 412 g/mol. The van der Waals surface area contributed by atoms with Gasteiger partial charge in [0.15, 0.2) is 0 Å². The summed E-state index contributed by atoms with van der Waals surface area (Å²) >= 11 is 0. The maximum absolute atomic E-state index is 13.0. The van der Waals surface area contributed by atoms with Crippen molar-refractivity contribution in [1.82, 2.24) is 20.2 Å². The number of piperidine rings is 1. The van der Waals surface area contributed by atoms with Crippen molar-refractivity contribution < 1.29 is 9.53 Å². The smallest absolute Gasteiger partial charge is 0.270 e. The zero-order chi connectivity index (χ0) is 23.2. The number of nitrogens with zero attached hydrogens (tertiary/aromatic N) is 3. The zero-order valence-electron chi connectivity index (χ0n) is 19.6. The molecule has 33 heavy (non-hydrogen) atoms. The summed E-state index contributed by atoms with van der Waals surface area (Å²) in [6, 6.07) is 15.5. The van der Waals surface area contributed by atoms with Gasteiger partial charge in [-0.15, -0.1) is 0 Å². The number of aryl methyl sites for hydroxylation is 2. The van der Waals surface area contributed by atoms with Crippen LogP contribution in [0.1, 0.15) is 51.8 Å². The second-order valence-electron chi connectivity index (χ2n) is 8.81. The second-order valence-corrected chi connectivity index (χ2v) is 8.81. The topological polar surface area (TPSA) is 67.3 Å². The maximum atomic E-state index is 13.0. The summed E-state index contributed by atoms with van der Waals surface area (Å²) in [5.41, 5.74) is 5.03. The molecule has 3 heterocycles. The molecule has 1 N–H and O–H groups in total. The molecule has 172 valence electrons. The van der Waals surface area contributed by atoms with Gasteiger partial charge in [0, 0.05) is 25.5 Å². The first kappa shape index (κ1) is 22.9. The molecule has 1 amide bonds. The number of amides is 1. The molecule has 0 spiro atoms. The predicted octanol–water partition coefficient (Wildman–Crippen LogP) is 4.49. The Hall–Kier alpha value is -3.25. The first-order valence-corrected chi connectivity index (χ1v) is 11.5. The van der Waals surface area contributed by atoms with Crippen LogP contribution < -0.4 is 10.1 Å². The Morgan fingerprint density at radius 3 is 2.61 bits per heavy atom. The molecule has 0 unspecified atom stereocenters. The van der Waals surface area contributed by atoms with Gasteiger partial charge in [-0.2, -0.15) is 0 Å². The molecule has 0 aliphatic carbocycles. The summed E-state index contributed by atoms with van der Waals surface area (Å²) in [5, 5.41) is 3.23. The Kier molecular flexibility index (Phi) is 7.35. The van der Waals surface area contributed by atoms with Crippen LogP contribution in [0.25, 0.3) is 0 Å². The standard InChI is InChI=1S/C27H32N4O2/c1-19-16-25(33-3)20(2)15-22(19)18-31-14-8-9-21(17-31)26(23-10-4-6-12-28-23)30-27(32)24-11-5-7-13-29-24/h4-7,10-13,15-16,21,26H,8-9,14,17-18H2,1-3H3,(H,30,32)/t21-,26-/m0/s1. The molecule has 1 aromatic carbocycles. The number of hydrogen-bond donors (Lipinski definition) is 1. The second kappa shape index (κ2) is 10.6. The molecular formula is C27H32N4O2. The third kappa shape index (κ3) is 5.57. The van der Waals surface area contributed by atoms with E-state index in [0.29, 0.717) is 5.69 Å². The lowest BCUT2D eigenvalue weighted by Crippen LogP contribution is -2.43. The number of methoxy groups -OCH3 is 1. The van der Waals surface area contributed by atoms with Gasteiger partial charge in [-0.1, -0.05) is 18.2 Å². The lowest BCUT2D eigenvalue weighted by atomic mass is 9.88. The zero-order valence-corrected chi connectivity index (χ0v) is 19.6. The normalized spacial score (nSPS) is 17.4. The van der Waals surface area contributed by atoms with Crippen molar-refractivity contribution in [3.8, 4) is 5.75 Å². The van der Waals surface area contributed by atoms with Crippen LogP contribution in [-0.2, 0) is 6.54 Å². The average Bonchev–Trinajstić information content (AvgIpc) is 2.85. The lowest BCUT2D eigenvalue weighted by Gasteiger charge is -2.37. The van der Waals surface area contributed by atoms with Crippen LogP contribution in [0.15, 0.2) is 60.9 Å². The number of carbonyl (C=O) groups excluding carboxylic acids is 1. The highest BCUT2D eigenvalue weighted by Gasteiger charge is 2.31. The summed E-state index contributed by atoms with van der Waals surface area (Å²) in [4.78, 5) is 24.3. The van der Waals surface area contributed by atoms with Crippen LogP contribution in [0.5, 0.6) is 5.75 Å². The van der Waals surface area contributed by atoms with E-state index in [-0.39, 0.29) is 17.9 Å². The summed E-state index contributed by atoms with van der Waals surface area (Å²) in [6.07, 6.45) is 5.56. The van der Waals surface area contributed by atoms with Crippen molar-refractivity contribution in [3.63, 3.8) is 0 Å². The molecule has 2 atom stereocenters. The van der Waals surface area contributed by atoms with E-state index in [0.717, 1.165) is 49.5 Å². The van der Waals surface area contributed by atoms with Crippen molar-refractivity contribution in [1.29, 1.82) is 0 Å². The maximum Gasteiger partial charge on any atom is 0.270 e. The fourth-order valence-electron chi connectivity index (χ4n) is 4.69. The Morgan fingerprint density at radius 2 is 1.91 bits per heavy atom. The van der Waals surface area contributed by atoms with Crippen molar-refractivity contribution in [2.45, 2.75) is 39.3 Å². The number of pyridine rings is 2. The number of benzene rings is 1. The van der Waals surface area contributed by atoms with Crippen LogP contribution in [-0.4, -0.2) is 41.0 Å². The molecule has 2 aromatic heterocycles. The highest BCUT2D eigenvalue weighted by molar-refractivity contribution is 5.92. The third-order valence-corrected chi connectivity index (χ3v) is 6.45. The molecule has 6 nitrogen and oxygen atoms in total. The van der Waals surface area contributed by atoms with Gasteiger partial charge in [-0.25, -0.2) is 0 Å². The minimum absolute atomic E-state index is 0.162. The van der Waals surface area contributed by atoms with Gasteiger partial charge in [-0.3, -0.25) is 19.7 Å². The quantitative estimate of drug-likeness (QED) is 0.582. The van der Waals surface area contributed by atoms with Gasteiger partial charge in [0.25, 0.3) is 5.91 Å². The molecule has 4 rings (SSSR count). The number of likely N-dealkylation sites (tertiary alicyclic amines) is 1. The molecule has 0 saturated carbocycles. The summed E-state index contributed by atoms with van der Waals surface area (Å²) in [7, 11) is 1.72. The van der Waals surface area contributed by atoms with E-state index >= 15 is 0 Å². The van der Waals surface area contributed by atoms with Gasteiger partial charge in [0.2, 0.25) is 0 Å². The number of carbonyl (C=O) groups is 1. The Bertz CT molecular complexity index is 1070. The van der Waals surface area contributed by atoms with Gasteiger partial charge < -0.3 is 10.1 Å². The summed E-state index contributed by atoms with van der Waals surface area (Å²) in [6.45, 7) is 7.06. The van der Waals surface area contributed by atoms with Crippen LogP contribution in [0.2, 0.25) is 0 Å². The van der Waals surface area contributed by atoms with Crippen molar-refractivity contribution in [2.75, 3.05) is 20.2 Å². The molecule has 1 aliphatic rings. The minimum Gasteiger partial charge on any atom is -0.496 e. The molecule has 1 aliphatic heterocycles. The van der Waals surface area contributed by atoms with Crippen molar-refractivity contribution in [2.24, 2.45) is 5.92 Å². The van der Waals surface area contributed by atoms with E-state index in [1.807, 2.05) is 30.3 Å². The van der Waals surface area contributed by atoms with Crippen molar-refractivity contribution >= 4 is 5.91 Å². The van der Waals surface area contributed by atoms with Crippen LogP contribution in [0.4, 0.5) is 0 Å². The third-order valence-electron chi connectivity index (χ3n) is 6.45. The van der Waals surface area contributed by atoms with Gasteiger partial charge in [0.05, 0.1) is 18.8 Å². The minimum atomic E-state index is -0.165. The Labute approximate surface area is 196 Å². The lowest BCUT2D eigenvalue weighted by molar-refractivity contribution is 0.0870. The highest BCUT2D eigenvalue weighted by Crippen LogP contribution is 2.31. The summed E-state index contributed by atoms with van der Waals surface area (Å²) in [5.74, 6) is 1.03. The monoisotopic (exact) mass is 444 g/mol. The number of rotatable bonds is 7. The van der Waals surface area contributed by atoms with Gasteiger partial charge in [0.1, 0.15) is 11.4 Å². The molecule has 3 aromatic rings. The summed E-state index contributed by atoms with van der Waals surface area (Å²) < 4.78 is 5.48. The molecule has 6 heteroatoms. The number of aromatic nitrogens is 2. The van der Waals surface area contributed by atoms with E-state index in [4.69, 9.17) is 4.74 Å². The SMILES string of the molecule is COc1cc(C)c(CN2CCC[C@H]([C@H](NC(=O)c3ccccn3)c3ccccn3)C2)cc1C. The van der Waals surface area contributed by atoms with E-state index in [1.165, 1.54) is 11.1 Å². The van der Waals surface area contributed by atoms with Crippen LogP contribution >= 0.6 is 0 Å². The van der Waals surface area contributed by atoms with E-state index in [2.05, 4.69) is 46.2 Å². The van der Waals surface area contributed by atoms with Crippen LogP contribution in [0.3, 0.4) is 0 Å². The first-order valence-electron chi connectivity index (χ1n) is 11.5. The molecule has 0 radical (unpaired) electrons. The fraction of sp³-hybridized carbons (Fsp3) is 0.370. The predicted molar refractivity (Wildman–Crippen MR) is 129 cm³/mol. The Balaban J connectivity index is 1.53. The van der Waals surface area contributed by atoms with E-state index in [1.54, 1.807) is 25.6 Å². The fourth-order valence-corrected chi connectivity index (χ4v) is 4.69. The largest absolute Gasteiger partial charge is 0.496 e. The van der Waals surface area contributed by atoms with E-state index < -0.39 is 0 Å². The molecule has 0 bridgehead atoms. The van der Waals surface area contributed by atoms with Gasteiger partial charge in [-0.05, 0) is 86.2 Å². The van der Waals surface area contributed by atoms with Crippen LogP contribution in [0, 0.1) is 19.8 Å². The number of hydrogen-bond acceptors (Lipinski definition) is 5. The van der Waals surface area contributed by atoms with Gasteiger partial charge >= 0.3 is 0 Å².